The first-order valence-corrected chi connectivity index (χ1v) is 12.7. The molecule has 0 amide bonds. The highest BCUT2D eigenvalue weighted by atomic mass is 32.1. The van der Waals surface area contributed by atoms with Gasteiger partial charge in [0.25, 0.3) is 0 Å². The predicted octanol–water partition coefficient (Wildman–Crippen LogP) is 5.45. The lowest BCUT2D eigenvalue weighted by Crippen LogP contribution is -2.14. The highest BCUT2D eigenvalue weighted by Crippen LogP contribution is 2.29. The number of aromatic nitrogens is 4. The zero-order valence-electron chi connectivity index (χ0n) is 19.2. The fourth-order valence-corrected chi connectivity index (χ4v) is 5.02. The minimum atomic E-state index is -1.19. The minimum Gasteiger partial charge on any atom is -0.494 e. The molecule has 0 radical (unpaired) electrons. The fraction of sp³-hybridized carbons (Fsp3) is 0.154. The lowest BCUT2D eigenvalue weighted by molar-refractivity contribution is -0.130. The second-order valence-corrected chi connectivity index (χ2v) is 9.39. The molecule has 2 heterocycles. The highest BCUT2D eigenvalue weighted by molar-refractivity contribution is 7.12. The number of allylic oxidation sites excluding steroid dienone is 1. The minimum absolute atomic E-state index is 0.0660. The van der Waals surface area contributed by atoms with Crippen molar-refractivity contribution in [2.75, 3.05) is 6.61 Å². The number of carbonyl (C=O) groups excluding carboxylic acids is 1. The van der Waals surface area contributed by atoms with E-state index in [0.717, 1.165) is 33.9 Å². The van der Waals surface area contributed by atoms with Crippen LogP contribution in [0.4, 0.5) is 0 Å². The molecule has 5 rings (SSSR count). The van der Waals surface area contributed by atoms with Crippen molar-refractivity contribution in [2.24, 2.45) is 0 Å². The first-order chi connectivity index (χ1) is 17.5. The van der Waals surface area contributed by atoms with Crippen LogP contribution in [0.25, 0.3) is 26.8 Å². The van der Waals surface area contributed by atoms with Crippen molar-refractivity contribution in [3.8, 4) is 5.75 Å². The van der Waals surface area contributed by atoms with Gasteiger partial charge in [-0.2, -0.15) is 8.75 Å². The average molecular weight is 517 g/mol. The summed E-state index contributed by atoms with van der Waals surface area (Å²) in [6, 6.07) is 17.4. The van der Waals surface area contributed by atoms with E-state index in [9.17, 15) is 14.7 Å². The first-order valence-electron chi connectivity index (χ1n) is 11.2. The van der Waals surface area contributed by atoms with Gasteiger partial charge in [0.05, 0.1) is 28.6 Å². The number of carbonyl (C=O) groups is 2. The zero-order chi connectivity index (χ0) is 25.1. The van der Waals surface area contributed by atoms with Crippen LogP contribution in [0.2, 0.25) is 0 Å². The van der Waals surface area contributed by atoms with Gasteiger partial charge in [-0.3, -0.25) is 4.79 Å². The van der Waals surface area contributed by atoms with Crippen molar-refractivity contribution in [3.05, 3.63) is 82.9 Å². The number of hydrogen-bond acceptors (Lipinski definition) is 9. The van der Waals surface area contributed by atoms with Crippen molar-refractivity contribution in [1.29, 1.82) is 0 Å². The molecule has 0 aliphatic heterocycles. The number of rotatable bonds is 9. The van der Waals surface area contributed by atoms with Crippen LogP contribution in [0.5, 0.6) is 5.75 Å². The van der Waals surface area contributed by atoms with Gasteiger partial charge in [-0.25, -0.2) is 4.79 Å². The van der Waals surface area contributed by atoms with Crippen LogP contribution in [-0.2, 0) is 11.2 Å². The summed E-state index contributed by atoms with van der Waals surface area (Å²) in [4.78, 5) is 26.4. The lowest BCUT2D eigenvalue weighted by Gasteiger charge is -2.14. The number of fused-ring (bicyclic) bond motifs is 2. The molecule has 0 saturated heterocycles. The number of nitrogens with zero attached hydrogens (tertiary/aromatic N) is 4. The maximum atomic E-state index is 13.8. The van der Waals surface area contributed by atoms with E-state index in [2.05, 4.69) is 18.3 Å². The smallest absolute Gasteiger partial charge is 0.336 e. The summed E-state index contributed by atoms with van der Waals surface area (Å²) >= 11 is 2.30. The second kappa shape index (κ2) is 10.3. The van der Waals surface area contributed by atoms with Crippen LogP contribution >= 0.6 is 23.3 Å². The van der Waals surface area contributed by atoms with Gasteiger partial charge in [0.1, 0.15) is 22.3 Å². The molecule has 0 unspecified atom stereocenters. The molecule has 8 nitrogen and oxygen atoms in total. The van der Waals surface area contributed by atoms with Crippen LogP contribution in [0.1, 0.15) is 34.8 Å². The van der Waals surface area contributed by atoms with Gasteiger partial charge >= 0.3 is 5.97 Å². The third-order valence-corrected chi connectivity index (χ3v) is 6.86. The van der Waals surface area contributed by atoms with E-state index in [1.165, 1.54) is 11.5 Å². The fourth-order valence-electron chi connectivity index (χ4n) is 3.88. The van der Waals surface area contributed by atoms with Gasteiger partial charge in [0, 0.05) is 17.6 Å². The van der Waals surface area contributed by atoms with Gasteiger partial charge in [-0.1, -0.05) is 23.5 Å². The van der Waals surface area contributed by atoms with E-state index in [1.807, 2.05) is 25.1 Å². The summed E-state index contributed by atoms with van der Waals surface area (Å²) in [6.45, 7) is 2.59. The molecule has 0 bridgehead atoms. The molecule has 2 aromatic heterocycles. The Morgan fingerprint density at radius 1 is 0.917 bits per heavy atom. The molecule has 3 aromatic carbocycles. The number of benzene rings is 3. The summed E-state index contributed by atoms with van der Waals surface area (Å²) in [5.41, 5.74) is 3.68. The number of aliphatic carboxylic acids is 1. The molecule has 1 N–H and O–H groups in total. The molecule has 0 aliphatic rings. The standard InChI is InChI=1S/C26H20N4O4S2/c1-2-11-34-18-7-4-16(5-8-18)25(31)19(12-15-3-9-21-23(13-15)35-30-27-21)24(26(32)33)17-6-10-20-22(14-17)29-36-28-20/h3-10,13-14H,2,11-12H2,1H3,(H,32,33). The summed E-state index contributed by atoms with van der Waals surface area (Å²) in [7, 11) is 0. The molecule has 0 aliphatic carbocycles. The van der Waals surface area contributed by atoms with Crippen LogP contribution in [0.3, 0.4) is 0 Å². The quantitative estimate of drug-likeness (QED) is 0.203. The van der Waals surface area contributed by atoms with Crippen molar-refractivity contribution in [1.82, 2.24) is 18.3 Å². The van der Waals surface area contributed by atoms with Crippen molar-refractivity contribution in [3.63, 3.8) is 0 Å². The Kier molecular flexibility index (Phi) is 6.79. The number of Topliss-reactive ketones (excluding diaryl/α,β-unsaturated/α-hetero) is 1. The van der Waals surface area contributed by atoms with Crippen molar-refractivity contribution in [2.45, 2.75) is 19.8 Å². The largest absolute Gasteiger partial charge is 0.494 e. The van der Waals surface area contributed by atoms with Gasteiger partial charge in [-0.05, 0) is 77.6 Å². The van der Waals surface area contributed by atoms with E-state index in [0.29, 0.717) is 34.5 Å². The Morgan fingerprint density at radius 3 is 2.44 bits per heavy atom. The maximum absolute atomic E-state index is 13.8. The van der Waals surface area contributed by atoms with Gasteiger partial charge < -0.3 is 9.84 Å². The molecule has 0 atom stereocenters. The molecule has 0 fully saturated rings. The SMILES string of the molecule is CCCOc1ccc(C(=O)C(Cc2ccc3nnsc3c2)=C(C(=O)O)c2ccc3nsnc3c2)cc1. The van der Waals surface area contributed by atoms with Crippen LogP contribution in [-0.4, -0.2) is 41.8 Å². The molecule has 36 heavy (non-hydrogen) atoms. The summed E-state index contributed by atoms with van der Waals surface area (Å²) in [6.07, 6.45) is 0.990. The summed E-state index contributed by atoms with van der Waals surface area (Å²) in [5.74, 6) is -0.903. The Balaban J connectivity index is 1.62. The average Bonchev–Trinajstić information content (AvgIpc) is 3.55. The number of ether oxygens (including phenoxy) is 1. The Morgan fingerprint density at radius 2 is 1.67 bits per heavy atom. The molecule has 180 valence electrons. The highest BCUT2D eigenvalue weighted by Gasteiger charge is 2.24. The third kappa shape index (κ3) is 4.86. The monoisotopic (exact) mass is 516 g/mol. The number of ketones is 1. The van der Waals surface area contributed by atoms with Crippen LogP contribution in [0, 0.1) is 0 Å². The third-order valence-electron chi connectivity index (χ3n) is 5.61. The zero-order valence-corrected chi connectivity index (χ0v) is 20.8. The first kappa shape index (κ1) is 23.7. The van der Waals surface area contributed by atoms with E-state index < -0.39 is 5.97 Å². The molecular formula is C26H20N4O4S2. The Bertz CT molecular complexity index is 1610. The molecular weight excluding hydrogens is 496 g/mol. The van der Waals surface area contributed by atoms with Gasteiger partial charge in [-0.15, -0.1) is 5.10 Å². The van der Waals surface area contributed by atoms with Gasteiger partial charge in [0.2, 0.25) is 0 Å². The Labute approximate surface area is 214 Å². The van der Waals surface area contributed by atoms with E-state index in [1.54, 1.807) is 42.5 Å². The number of carboxylic acids is 1. The Hall–Kier alpha value is -4.02. The summed E-state index contributed by atoms with van der Waals surface area (Å²) in [5, 5.41) is 14.3. The van der Waals surface area contributed by atoms with Crippen molar-refractivity contribution >= 4 is 61.8 Å². The number of hydrogen-bond donors (Lipinski definition) is 1. The van der Waals surface area contributed by atoms with Gasteiger partial charge in [0.15, 0.2) is 5.78 Å². The predicted molar refractivity (Wildman–Crippen MR) is 140 cm³/mol. The van der Waals surface area contributed by atoms with Crippen LogP contribution in [0.15, 0.2) is 66.2 Å². The molecule has 5 aromatic rings. The van der Waals surface area contributed by atoms with E-state index in [-0.39, 0.29) is 23.4 Å². The van der Waals surface area contributed by atoms with Crippen LogP contribution < -0.4 is 4.74 Å². The molecule has 10 heteroatoms. The normalized spacial score (nSPS) is 12.0. The second-order valence-electron chi connectivity index (χ2n) is 8.08. The molecule has 0 spiro atoms. The topological polar surface area (TPSA) is 115 Å². The summed E-state index contributed by atoms with van der Waals surface area (Å²) < 4.78 is 18.9. The molecule has 0 saturated carbocycles. The van der Waals surface area contributed by atoms with E-state index in [4.69, 9.17) is 4.74 Å². The lowest BCUT2D eigenvalue weighted by atomic mass is 9.89. The maximum Gasteiger partial charge on any atom is 0.336 e. The van der Waals surface area contributed by atoms with E-state index >= 15 is 0 Å². The number of carboxylic acid groups (broad SMARTS) is 1. The van der Waals surface area contributed by atoms with Crippen molar-refractivity contribution < 1.29 is 19.4 Å².